The normalized spacial score (nSPS) is 12.8. The maximum Gasteiger partial charge on any atom is 0.134 e. The van der Waals surface area contributed by atoms with Crippen LogP contribution in [0.5, 0.6) is 0 Å². The number of hydrogen-bond acceptors (Lipinski definition) is 2. The van der Waals surface area contributed by atoms with Crippen molar-refractivity contribution in [1.29, 1.82) is 0 Å². The quantitative estimate of drug-likeness (QED) is 0.764. The van der Waals surface area contributed by atoms with Gasteiger partial charge in [-0.1, -0.05) is 49.4 Å². The highest BCUT2D eigenvalue weighted by molar-refractivity contribution is 5.82. The number of nitrogens with two attached hydrogens (primary N) is 1. The highest BCUT2D eigenvalue weighted by Crippen LogP contribution is 2.31. The number of furan rings is 1. The minimum absolute atomic E-state index is 0.215. The van der Waals surface area contributed by atoms with Crippen LogP contribution in [0.3, 0.4) is 0 Å². The van der Waals surface area contributed by atoms with E-state index in [-0.39, 0.29) is 6.04 Å². The molecule has 2 N–H and O–H groups in total. The molecular weight excluding hydrogens is 246 g/mol. The van der Waals surface area contributed by atoms with Crippen LogP contribution in [0.25, 0.3) is 11.0 Å². The summed E-state index contributed by atoms with van der Waals surface area (Å²) in [7, 11) is 0. The van der Waals surface area contributed by atoms with Crippen molar-refractivity contribution < 1.29 is 4.42 Å². The second-order valence-electron chi connectivity index (χ2n) is 5.16. The molecule has 0 fully saturated rings. The molecule has 0 amide bonds. The predicted molar refractivity (Wildman–Crippen MR) is 82.8 cm³/mol. The number of fused-ring (bicyclic) bond motifs is 1. The maximum atomic E-state index is 6.38. The van der Waals surface area contributed by atoms with E-state index in [9.17, 15) is 0 Å². The van der Waals surface area contributed by atoms with Crippen LogP contribution in [-0.4, -0.2) is 0 Å². The van der Waals surface area contributed by atoms with Crippen molar-refractivity contribution in [3.63, 3.8) is 0 Å². The Balaban J connectivity index is 2.02. The Kier molecular flexibility index (Phi) is 3.33. The van der Waals surface area contributed by atoms with Gasteiger partial charge in [-0.05, 0) is 30.5 Å². The van der Waals surface area contributed by atoms with Crippen LogP contribution in [-0.2, 0) is 6.42 Å². The molecule has 0 radical (unpaired) electrons. The lowest BCUT2D eigenvalue weighted by Crippen LogP contribution is -2.12. The molecule has 2 aromatic carbocycles. The molecule has 3 rings (SSSR count). The van der Waals surface area contributed by atoms with E-state index in [1.165, 1.54) is 5.56 Å². The molecular formula is C18H19NO. The molecule has 1 atom stereocenters. The third-order valence-corrected chi connectivity index (χ3v) is 3.91. The SMILES string of the molecule is CCc1ccc(C(N)c2oc3ccccc3c2C)cc1. The second kappa shape index (κ2) is 5.14. The summed E-state index contributed by atoms with van der Waals surface area (Å²) in [5, 5.41) is 1.14. The standard InChI is InChI=1S/C18H19NO/c1-3-13-8-10-14(11-9-13)17(19)18-12(2)15-6-4-5-7-16(15)20-18/h4-11,17H,3,19H2,1-2H3. The van der Waals surface area contributed by atoms with Gasteiger partial charge in [0.05, 0.1) is 6.04 Å². The van der Waals surface area contributed by atoms with E-state index in [2.05, 4.69) is 44.2 Å². The van der Waals surface area contributed by atoms with Gasteiger partial charge < -0.3 is 10.2 Å². The molecule has 0 aliphatic rings. The van der Waals surface area contributed by atoms with Crippen molar-refractivity contribution in [2.24, 2.45) is 5.73 Å². The lowest BCUT2D eigenvalue weighted by Gasteiger charge is -2.11. The van der Waals surface area contributed by atoms with Gasteiger partial charge in [0.25, 0.3) is 0 Å². The molecule has 0 aliphatic heterocycles. The Hall–Kier alpha value is -2.06. The third-order valence-electron chi connectivity index (χ3n) is 3.91. The Bertz CT molecular complexity index is 725. The molecule has 0 aliphatic carbocycles. The summed E-state index contributed by atoms with van der Waals surface area (Å²) in [4.78, 5) is 0. The molecule has 2 heteroatoms. The first-order chi connectivity index (χ1) is 9.70. The van der Waals surface area contributed by atoms with Gasteiger partial charge in [-0.2, -0.15) is 0 Å². The Labute approximate surface area is 119 Å². The van der Waals surface area contributed by atoms with Gasteiger partial charge in [0.2, 0.25) is 0 Å². The van der Waals surface area contributed by atoms with E-state index < -0.39 is 0 Å². The summed E-state index contributed by atoms with van der Waals surface area (Å²) >= 11 is 0. The average molecular weight is 265 g/mol. The van der Waals surface area contributed by atoms with Crippen LogP contribution in [0.2, 0.25) is 0 Å². The number of para-hydroxylation sites is 1. The summed E-state index contributed by atoms with van der Waals surface area (Å²) < 4.78 is 5.95. The number of aryl methyl sites for hydroxylation is 2. The largest absolute Gasteiger partial charge is 0.459 e. The Morgan fingerprint density at radius 3 is 2.40 bits per heavy atom. The topological polar surface area (TPSA) is 39.2 Å². The fourth-order valence-electron chi connectivity index (χ4n) is 2.60. The van der Waals surface area contributed by atoms with E-state index in [1.807, 2.05) is 18.2 Å². The minimum Gasteiger partial charge on any atom is -0.459 e. The minimum atomic E-state index is -0.215. The molecule has 2 nitrogen and oxygen atoms in total. The van der Waals surface area contributed by atoms with Crippen molar-refractivity contribution in [3.05, 3.63) is 71.0 Å². The van der Waals surface area contributed by atoms with Crippen molar-refractivity contribution in [2.75, 3.05) is 0 Å². The van der Waals surface area contributed by atoms with E-state index in [1.54, 1.807) is 0 Å². The number of benzene rings is 2. The zero-order chi connectivity index (χ0) is 14.1. The van der Waals surface area contributed by atoms with Gasteiger partial charge in [-0.3, -0.25) is 0 Å². The van der Waals surface area contributed by atoms with E-state index >= 15 is 0 Å². The van der Waals surface area contributed by atoms with Crippen molar-refractivity contribution in [2.45, 2.75) is 26.3 Å². The third kappa shape index (κ3) is 2.12. The molecule has 0 spiro atoms. The summed E-state index contributed by atoms with van der Waals surface area (Å²) in [6, 6.07) is 16.3. The monoisotopic (exact) mass is 265 g/mol. The van der Waals surface area contributed by atoms with Gasteiger partial charge in [0.15, 0.2) is 0 Å². The van der Waals surface area contributed by atoms with E-state index in [4.69, 9.17) is 10.2 Å². The van der Waals surface area contributed by atoms with Crippen LogP contribution in [0.15, 0.2) is 52.9 Å². The average Bonchev–Trinajstić information content (AvgIpc) is 2.84. The van der Waals surface area contributed by atoms with Crippen molar-refractivity contribution >= 4 is 11.0 Å². The maximum absolute atomic E-state index is 6.38. The van der Waals surface area contributed by atoms with Gasteiger partial charge >= 0.3 is 0 Å². The van der Waals surface area contributed by atoms with Gasteiger partial charge in [-0.15, -0.1) is 0 Å². The molecule has 0 bridgehead atoms. The summed E-state index contributed by atoms with van der Waals surface area (Å²) in [6.07, 6.45) is 1.04. The molecule has 20 heavy (non-hydrogen) atoms. The number of rotatable bonds is 3. The van der Waals surface area contributed by atoms with Crippen LogP contribution < -0.4 is 5.73 Å². The molecule has 102 valence electrons. The van der Waals surface area contributed by atoms with Crippen LogP contribution >= 0.6 is 0 Å². The zero-order valence-electron chi connectivity index (χ0n) is 11.9. The highest BCUT2D eigenvalue weighted by atomic mass is 16.3. The summed E-state index contributed by atoms with van der Waals surface area (Å²) in [5.41, 5.74) is 10.8. The lowest BCUT2D eigenvalue weighted by molar-refractivity contribution is 0.521. The first-order valence-corrected chi connectivity index (χ1v) is 7.03. The first kappa shape index (κ1) is 12.9. The lowest BCUT2D eigenvalue weighted by atomic mass is 10.00. The van der Waals surface area contributed by atoms with Crippen molar-refractivity contribution in [3.8, 4) is 0 Å². The second-order valence-corrected chi connectivity index (χ2v) is 5.16. The van der Waals surface area contributed by atoms with Crippen LogP contribution in [0, 0.1) is 6.92 Å². The van der Waals surface area contributed by atoms with Crippen molar-refractivity contribution in [1.82, 2.24) is 0 Å². The zero-order valence-corrected chi connectivity index (χ0v) is 11.9. The van der Waals surface area contributed by atoms with E-state index in [0.717, 1.165) is 34.3 Å². The Morgan fingerprint density at radius 1 is 1.05 bits per heavy atom. The predicted octanol–water partition coefficient (Wildman–Crippen LogP) is 4.35. The fourth-order valence-corrected chi connectivity index (χ4v) is 2.60. The Morgan fingerprint density at radius 2 is 1.75 bits per heavy atom. The molecule has 1 heterocycles. The molecule has 0 saturated heterocycles. The smallest absolute Gasteiger partial charge is 0.134 e. The van der Waals surface area contributed by atoms with E-state index in [0.29, 0.717) is 0 Å². The molecule has 0 saturated carbocycles. The highest BCUT2D eigenvalue weighted by Gasteiger charge is 2.18. The first-order valence-electron chi connectivity index (χ1n) is 7.03. The van der Waals surface area contributed by atoms with Gasteiger partial charge in [0.1, 0.15) is 11.3 Å². The number of hydrogen-bond donors (Lipinski definition) is 1. The molecule has 1 unspecified atom stereocenters. The van der Waals surface area contributed by atoms with Crippen LogP contribution in [0.4, 0.5) is 0 Å². The van der Waals surface area contributed by atoms with Crippen LogP contribution in [0.1, 0.15) is 35.4 Å². The van der Waals surface area contributed by atoms with Gasteiger partial charge in [-0.25, -0.2) is 0 Å². The summed E-state index contributed by atoms with van der Waals surface area (Å²) in [6.45, 7) is 4.22. The summed E-state index contributed by atoms with van der Waals surface area (Å²) in [5.74, 6) is 0.857. The van der Waals surface area contributed by atoms with Gasteiger partial charge in [0, 0.05) is 10.9 Å². The molecule has 1 aromatic heterocycles. The fraction of sp³-hybridized carbons (Fsp3) is 0.222. The molecule has 3 aromatic rings.